The Balaban J connectivity index is 1.48. The van der Waals surface area contributed by atoms with E-state index in [0.29, 0.717) is 18.2 Å². The fourth-order valence-electron chi connectivity index (χ4n) is 2.89. The lowest BCUT2D eigenvalue weighted by atomic mass is 10.2. The van der Waals surface area contributed by atoms with Crippen LogP contribution in [0.15, 0.2) is 59.3 Å². The summed E-state index contributed by atoms with van der Waals surface area (Å²) in [6, 6.07) is 12.9. The zero-order valence-electron chi connectivity index (χ0n) is 15.2. The number of carbonyl (C=O) groups excluding carboxylic acids is 1. The number of hydrogen-bond donors (Lipinski definition) is 2. The van der Waals surface area contributed by atoms with Gasteiger partial charge in [-0.05, 0) is 35.7 Å². The summed E-state index contributed by atoms with van der Waals surface area (Å²) in [5, 5.41) is 10.5. The Bertz CT molecular complexity index is 1140. The van der Waals surface area contributed by atoms with Crippen LogP contribution in [0.25, 0.3) is 22.3 Å². The van der Waals surface area contributed by atoms with E-state index in [2.05, 4.69) is 20.6 Å². The van der Waals surface area contributed by atoms with Crippen LogP contribution >= 0.6 is 11.3 Å². The van der Waals surface area contributed by atoms with Gasteiger partial charge in [0.15, 0.2) is 5.82 Å². The van der Waals surface area contributed by atoms with E-state index in [9.17, 15) is 13.6 Å². The van der Waals surface area contributed by atoms with Gasteiger partial charge in [0, 0.05) is 29.4 Å². The number of thiophene rings is 1. The molecule has 0 radical (unpaired) electrons. The van der Waals surface area contributed by atoms with Gasteiger partial charge < -0.3 is 10.6 Å². The van der Waals surface area contributed by atoms with Crippen molar-refractivity contribution in [2.75, 3.05) is 18.4 Å². The summed E-state index contributed by atoms with van der Waals surface area (Å²) in [7, 11) is 0. The molecule has 4 rings (SSSR count). The van der Waals surface area contributed by atoms with E-state index in [4.69, 9.17) is 0 Å². The minimum atomic E-state index is -0.891. The molecule has 146 valence electrons. The molecular weight excluding hydrogens is 394 g/mol. The smallest absolute Gasteiger partial charge is 0.257 e. The van der Waals surface area contributed by atoms with Gasteiger partial charge in [0.2, 0.25) is 0 Å². The van der Waals surface area contributed by atoms with Crippen molar-refractivity contribution in [1.82, 2.24) is 15.3 Å². The zero-order valence-corrected chi connectivity index (χ0v) is 16.0. The maximum absolute atomic E-state index is 13.7. The van der Waals surface area contributed by atoms with E-state index in [1.165, 1.54) is 6.07 Å². The minimum Gasteiger partial charge on any atom is -0.368 e. The standard InChI is InChI=1S/C21H16F2N4OS/c22-15-5-3-6-16(23)18(15)21(28)25-10-9-24-20-14-4-1-2-7-17(14)26-19(27-20)13-8-11-29-12-13/h1-8,11-12H,9-10H2,(H,25,28)(H,24,26,27). The molecule has 2 heterocycles. The molecular formula is C21H16F2N4OS. The first-order valence-corrected chi connectivity index (χ1v) is 9.83. The van der Waals surface area contributed by atoms with Gasteiger partial charge in [-0.3, -0.25) is 4.79 Å². The van der Waals surface area contributed by atoms with Crippen LogP contribution < -0.4 is 10.6 Å². The average molecular weight is 410 g/mol. The van der Waals surface area contributed by atoms with Crippen LogP contribution in [0.2, 0.25) is 0 Å². The molecule has 0 aliphatic heterocycles. The Morgan fingerprint density at radius 3 is 2.52 bits per heavy atom. The second-order valence-corrected chi connectivity index (χ2v) is 6.98. The number of amides is 1. The highest BCUT2D eigenvalue weighted by molar-refractivity contribution is 7.08. The maximum Gasteiger partial charge on any atom is 0.257 e. The van der Waals surface area contributed by atoms with E-state index >= 15 is 0 Å². The molecule has 4 aromatic rings. The monoisotopic (exact) mass is 410 g/mol. The molecule has 0 spiro atoms. The number of hydrogen-bond acceptors (Lipinski definition) is 5. The first kappa shape index (κ1) is 18.9. The van der Waals surface area contributed by atoms with Crippen molar-refractivity contribution in [3.63, 3.8) is 0 Å². The lowest BCUT2D eigenvalue weighted by Crippen LogP contribution is -2.30. The molecule has 2 aromatic carbocycles. The van der Waals surface area contributed by atoms with Gasteiger partial charge in [0.25, 0.3) is 5.91 Å². The minimum absolute atomic E-state index is 0.165. The van der Waals surface area contributed by atoms with E-state index < -0.39 is 23.1 Å². The van der Waals surface area contributed by atoms with Crippen LogP contribution in [0.5, 0.6) is 0 Å². The molecule has 0 fully saturated rings. The molecule has 0 unspecified atom stereocenters. The quantitative estimate of drug-likeness (QED) is 0.460. The summed E-state index contributed by atoms with van der Waals surface area (Å²) >= 11 is 1.56. The number of carbonyl (C=O) groups is 1. The summed E-state index contributed by atoms with van der Waals surface area (Å²) in [6.45, 7) is 0.491. The molecule has 29 heavy (non-hydrogen) atoms. The van der Waals surface area contributed by atoms with Crippen LogP contribution in [-0.4, -0.2) is 29.0 Å². The van der Waals surface area contributed by atoms with Crippen LogP contribution in [0.1, 0.15) is 10.4 Å². The summed E-state index contributed by atoms with van der Waals surface area (Å²) < 4.78 is 27.4. The molecule has 5 nitrogen and oxygen atoms in total. The van der Waals surface area contributed by atoms with Crippen molar-refractivity contribution in [2.24, 2.45) is 0 Å². The fraction of sp³-hybridized carbons (Fsp3) is 0.0952. The number of aromatic nitrogens is 2. The fourth-order valence-corrected chi connectivity index (χ4v) is 3.53. The number of nitrogens with zero attached hydrogens (tertiary/aromatic N) is 2. The van der Waals surface area contributed by atoms with Crippen molar-refractivity contribution < 1.29 is 13.6 Å². The molecule has 1 amide bonds. The molecule has 2 aromatic heterocycles. The molecule has 0 aliphatic carbocycles. The van der Waals surface area contributed by atoms with Gasteiger partial charge in [-0.15, -0.1) is 0 Å². The lowest BCUT2D eigenvalue weighted by Gasteiger charge is -2.11. The van der Waals surface area contributed by atoms with Gasteiger partial charge in [0.05, 0.1) is 5.52 Å². The van der Waals surface area contributed by atoms with Crippen LogP contribution in [-0.2, 0) is 0 Å². The van der Waals surface area contributed by atoms with E-state index in [-0.39, 0.29) is 6.54 Å². The highest BCUT2D eigenvalue weighted by atomic mass is 32.1. The Morgan fingerprint density at radius 2 is 1.76 bits per heavy atom. The van der Waals surface area contributed by atoms with Crippen molar-refractivity contribution in [2.45, 2.75) is 0 Å². The molecule has 2 N–H and O–H groups in total. The topological polar surface area (TPSA) is 66.9 Å². The Morgan fingerprint density at radius 1 is 0.966 bits per heavy atom. The third kappa shape index (κ3) is 4.07. The van der Waals surface area contributed by atoms with Crippen molar-refractivity contribution in [3.05, 3.63) is 76.5 Å². The molecule has 0 atom stereocenters. The van der Waals surface area contributed by atoms with E-state index in [1.54, 1.807) is 11.3 Å². The third-order valence-corrected chi connectivity index (χ3v) is 4.96. The third-order valence-electron chi connectivity index (χ3n) is 4.28. The van der Waals surface area contributed by atoms with Crippen molar-refractivity contribution in [3.8, 4) is 11.4 Å². The molecule has 0 saturated heterocycles. The SMILES string of the molecule is O=C(NCCNc1nc(-c2ccsc2)nc2ccccc12)c1c(F)cccc1F. The number of halogens is 2. The Hall–Kier alpha value is -3.39. The highest BCUT2D eigenvalue weighted by Crippen LogP contribution is 2.25. The number of para-hydroxylation sites is 1. The summed E-state index contributed by atoms with van der Waals surface area (Å²) in [4.78, 5) is 21.3. The normalized spacial score (nSPS) is 10.8. The first-order valence-electron chi connectivity index (χ1n) is 8.89. The molecule has 0 aliphatic rings. The van der Waals surface area contributed by atoms with E-state index in [1.807, 2.05) is 41.1 Å². The Kier molecular flexibility index (Phi) is 5.44. The predicted octanol–water partition coefficient (Wildman–Crippen LogP) is 4.48. The summed E-state index contributed by atoms with van der Waals surface area (Å²) in [6.07, 6.45) is 0. The van der Waals surface area contributed by atoms with Gasteiger partial charge in [0.1, 0.15) is 23.0 Å². The zero-order chi connectivity index (χ0) is 20.2. The van der Waals surface area contributed by atoms with Crippen molar-refractivity contribution >= 4 is 34.0 Å². The number of benzene rings is 2. The predicted molar refractivity (Wildman–Crippen MR) is 110 cm³/mol. The van der Waals surface area contributed by atoms with Gasteiger partial charge in [-0.2, -0.15) is 11.3 Å². The second kappa shape index (κ2) is 8.32. The van der Waals surface area contributed by atoms with Gasteiger partial charge in [-0.1, -0.05) is 18.2 Å². The maximum atomic E-state index is 13.7. The number of nitrogens with one attached hydrogen (secondary N) is 2. The summed E-state index contributed by atoms with van der Waals surface area (Å²) in [5.74, 6) is -1.35. The molecule has 0 saturated carbocycles. The van der Waals surface area contributed by atoms with Crippen LogP contribution in [0.4, 0.5) is 14.6 Å². The van der Waals surface area contributed by atoms with E-state index in [0.717, 1.165) is 28.6 Å². The largest absolute Gasteiger partial charge is 0.368 e. The van der Waals surface area contributed by atoms with Gasteiger partial charge in [-0.25, -0.2) is 18.7 Å². The molecule has 0 bridgehead atoms. The molecule has 8 heteroatoms. The number of anilines is 1. The number of fused-ring (bicyclic) bond motifs is 1. The average Bonchev–Trinajstić information content (AvgIpc) is 3.26. The van der Waals surface area contributed by atoms with Crippen LogP contribution in [0, 0.1) is 11.6 Å². The van der Waals surface area contributed by atoms with Gasteiger partial charge >= 0.3 is 0 Å². The lowest BCUT2D eigenvalue weighted by molar-refractivity contribution is 0.0946. The second-order valence-electron chi connectivity index (χ2n) is 6.20. The van der Waals surface area contributed by atoms with Crippen LogP contribution in [0.3, 0.4) is 0 Å². The Labute approximate surface area is 169 Å². The summed E-state index contributed by atoms with van der Waals surface area (Å²) in [5.41, 5.74) is 1.13. The first-order chi connectivity index (χ1) is 14.1. The highest BCUT2D eigenvalue weighted by Gasteiger charge is 2.16. The number of rotatable bonds is 6. The van der Waals surface area contributed by atoms with Crippen molar-refractivity contribution in [1.29, 1.82) is 0 Å².